The van der Waals surface area contributed by atoms with Crippen molar-refractivity contribution in [3.8, 4) is 5.75 Å². The lowest BCUT2D eigenvalue weighted by molar-refractivity contribution is 0.236. The van der Waals surface area contributed by atoms with Crippen LogP contribution in [0.1, 0.15) is 11.1 Å². The smallest absolute Gasteiger partial charge is 0.315 e. The third kappa shape index (κ3) is 6.05. The molecule has 0 aliphatic heterocycles. The molecule has 0 aromatic heterocycles. The van der Waals surface area contributed by atoms with Gasteiger partial charge in [0.1, 0.15) is 12.4 Å². The zero-order valence-corrected chi connectivity index (χ0v) is 15.6. The molecule has 0 aliphatic rings. The summed E-state index contributed by atoms with van der Waals surface area (Å²) in [7, 11) is -2.09. The highest BCUT2D eigenvalue weighted by atomic mass is 32.2. The number of carbonyl (C=O) groups excluding carboxylic acids is 1. The maximum absolute atomic E-state index is 11.8. The Morgan fingerprint density at radius 1 is 1.00 bits per heavy atom. The van der Waals surface area contributed by atoms with Crippen molar-refractivity contribution in [1.29, 1.82) is 0 Å². The Labute approximate surface area is 153 Å². The van der Waals surface area contributed by atoms with E-state index in [1.54, 1.807) is 12.1 Å². The maximum atomic E-state index is 11.8. The van der Waals surface area contributed by atoms with Crippen molar-refractivity contribution in [2.24, 2.45) is 0 Å². The Morgan fingerprint density at radius 2 is 1.65 bits per heavy atom. The topological polar surface area (TPSA) is 96.5 Å². The lowest BCUT2D eigenvalue weighted by atomic mass is 10.2. The highest BCUT2D eigenvalue weighted by molar-refractivity contribution is 7.89. The number of hydrogen-bond donors (Lipinski definition) is 3. The van der Waals surface area contributed by atoms with Crippen LogP contribution in [0.25, 0.3) is 0 Å². The molecule has 0 spiro atoms. The van der Waals surface area contributed by atoms with Gasteiger partial charge in [-0.1, -0.05) is 29.8 Å². The van der Waals surface area contributed by atoms with E-state index in [-0.39, 0.29) is 10.9 Å². The number of aryl methyl sites for hydroxylation is 1. The third-order valence-electron chi connectivity index (χ3n) is 3.63. The van der Waals surface area contributed by atoms with Gasteiger partial charge in [-0.15, -0.1) is 0 Å². The number of ether oxygens (including phenoxy) is 1. The Bertz CT molecular complexity index is 819. The van der Waals surface area contributed by atoms with Crippen LogP contribution in [0.5, 0.6) is 5.75 Å². The van der Waals surface area contributed by atoms with Crippen molar-refractivity contribution in [2.75, 3.05) is 20.2 Å². The zero-order chi connectivity index (χ0) is 19.0. The largest absolute Gasteiger partial charge is 0.492 e. The molecule has 140 valence electrons. The molecule has 3 N–H and O–H groups in total. The Morgan fingerprint density at radius 3 is 2.27 bits per heavy atom. The van der Waals surface area contributed by atoms with Gasteiger partial charge < -0.3 is 15.4 Å². The minimum Gasteiger partial charge on any atom is -0.492 e. The van der Waals surface area contributed by atoms with Crippen molar-refractivity contribution >= 4 is 16.1 Å². The van der Waals surface area contributed by atoms with Gasteiger partial charge in [-0.05, 0) is 43.8 Å². The van der Waals surface area contributed by atoms with Crippen LogP contribution in [0.15, 0.2) is 53.4 Å². The lowest BCUT2D eigenvalue weighted by Gasteiger charge is -2.10. The summed E-state index contributed by atoms with van der Waals surface area (Å²) >= 11 is 0. The molecule has 0 bridgehead atoms. The molecule has 7 nitrogen and oxygen atoms in total. The molecule has 2 rings (SSSR count). The van der Waals surface area contributed by atoms with Gasteiger partial charge >= 0.3 is 6.03 Å². The van der Waals surface area contributed by atoms with Crippen LogP contribution in [0.4, 0.5) is 4.79 Å². The first kappa shape index (κ1) is 19.7. The molecule has 0 fully saturated rings. The highest BCUT2D eigenvalue weighted by Gasteiger charge is 2.10. The molecule has 2 aromatic rings. The monoisotopic (exact) mass is 377 g/mol. The first-order valence-electron chi connectivity index (χ1n) is 8.14. The van der Waals surface area contributed by atoms with Crippen LogP contribution >= 0.6 is 0 Å². The molecule has 2 amide bonds. The Kier molecular flexibility index (Phi) is 6.99. The minimum absolute atomic E-state index is 0.182. The van der Waals surface area contributed by atoms with Crippen molar-refractivity contribution in [2.45, 2.75) is 18.4 Å². The number of sulfonamides is 1. The molecule has 0 radical (unpaired) electrons. The van der Waals surface area contributed by atoms with Crippen molar-refractivity contribution in [3.05, 3.63) is 59.7 Å². The van der Waals surface area contributed by atoms with E-state index >= 15 is 0 Å². The number of amides is 2. The van der Waals surface area contributed by atoms with E-state index in [1.165, 1.54) is 19.2 Å². The van der Waals surface area contributed by atoms with E-state index in [1.807, 2.05) is 31.2 Å². The minimum atomic E-state index is -3.45. The maximum Gasteiger partial charge on any atom is 0.315 e. The fourth-order valence-corrected chi connectivity index (χ4v) is 2.85. The van der Waals surface area contributed by atoms with E-state index in [0.29, 0.717) is 19.7 Å². The highest BCUT2D eigenvalue weighted by Crippen LogP contribution is 2.11. The summed E-state index contributed by atoms with van der Waals surface area (Å²) in [4.78, 5) is 11.9. The van der Waals surface area contributed by atoms with Crippen LogP contribution < -0.4 is 20.1 Å². The van der Waals surface area contributed by atoms with Crippen LogP contribution in [0, 0.1) is 6.92 Å². The summed E-state index contributed by atoms with van der Waals surface area (Å²) in [6.45, 7) is 3.04. The average Bonchev–Trinajstić information content (AvgIpc) is 2.65. The fraction of sp³-hybridized carbons (Fsp3) is 0.278. The van der Waals surface area contributed by atoms with Gasteiger partial charge in [-0.2, -0.15) is 0 Å². The first-order chi connectivity index (χ1) is 12.4. The Hall–Kier alpha value is -2.58. The molecule has 8 heteroatoms. The number of nitrogens with one attached hydrogen (secondary N) is 3. The number of benzene rings is 2. The van der Waals surface area contributed by atoms with E-state index in [2.05, 4.69) is 15.4 Å². The summed E-state index contributed by atoms with van der Waals surface area (Å²) in [5.41, 5.74) is 1.96. The van der Waals surface area contributed by atoms with Gasteiger partial charge in [0, 0.05) is 6.54 Å². The second kappa shape index (κ2) is 9.21. The normalized spacial score (nSPS) is 11.0. The van der Waals surface area contributed by atoms with Gasteiger partial charge in [0.25, 0.3) is 0 Å². The standard InChI is InChI=1S/C18H23N3O4S/c1-14-3-7-16(8-4-14)25-12-11-20-18(22)21-13-15-5-9-17(10-6-15)26(23,24)19-2/h3-10,19H,11-13H2,1-2H3,(H2,20,21,22). The van der Waals surface area contributed by atoms with E-state index in [9.17, 15) is 13.2 Å². The van der Waals surface area contributed by atoms with Crippen LogP contribution in [-0.2, 0) is 16.6 Å². The summed E-state index contributed by atoms with van der Waals surface area (Å²) in [5, 5.41) is 5.40. The van der Waals surface area contributed by atoms with E-state index in [4.69, 9.17) is 4.74 Å². The number of rotatable bonds is 8. The van der Waals surface area contributed by atoms with E-state index in [0.717, 1.165) is 16.9 Å². The number of urea groups is 1. The molecule has 0 aliphatic carbocycles. The van der Waals surface area contributed by atoms with Crippen LogP contribution in [-0.4, -0.2) is 34.6 Å². The first-order valence-corrected chi connectivity index (χ1v) is 9.63. The summed E-state index contributed by atoms with van der Waals surface area (Å²) in [5.74, 6) is 0.759. The van der Waals surface area contributed by atoms with Gasteiger partial charge in [0.15, 0.2) is 0 Å². The van der Waals surface area contributed by atoms with Crippen molar-refractivity contribution in [3.63, 3.8) is 0 Å². The molecular formula is C18H23N3O4S. The summed E-state index contributed by atoms with van der Waals surface area (Å²) in [6, 6.07) is 13.7. The second-order valence-corrected chi connectivity index (χ2v) is 7.51. The molecular weight excluding hydrogens is 354 g/mol. The van der Waals surface area contributed by atoms with Gasteiger partial charge in [0.2, 0.25) is 10.0 Å². The van der Waals surface area contributed by atoms with Crippen molar-refractivity contribution in [1.82, 2.24) is 15.4 Å². The van der Waals surface area contributed by atoms with E-state index < -0.39 is 10.0 Å². The summed E-state index contributed by atoms with van der Waals surface area (Å²) < 4.78 is 31.1. The fourth-order valence-electron chi connectivity index (χ4n) is 2.12. The van der Waals surface area contributed by atoms with Crippen LogP contribution in [0.3, 0.4) is 0 Å². The molecule has 26 heavy (non-hydrogen) atoms. The number of hydrogen-bond acceptors (Lipinski definition) is 4. The quantitative estimate of drug-likeness (QED) is 0.611. The second-order valence-electron chi connectivity index (χ2n) is 5.62. The predicted molar refractivity (Wildman–Crippen MR) is 99.6 cm³/mol. The number of carbonyl (C=O) groups is 1. The molecule has 0 saturated heterocycles. The molecule has 0 heterocycles. The predicted octanol–water partition coefficient (Wildman–Crippen LogP) is 1.78. The van der Waals surface area contributed by atoms with Gasteiger partial charge in [-0.3, -0.25) is 0 Å². The van der Waals surface area contributed by atoms with Gasteiger partial charge in [0.05, 0.1) is 11.4 Å². The summed E-state index contributed by atoms with van der Waals surface area (Å²) in [6.07, 6.45) is 0. The van der Waals surface area contributed by atoms with Crippen molar-refractivity contribution < 1.29 is 17.9 Å². The molecule has 0 atom stereocenters. The average molecular weight is 377 g/mol. The Balaban J connectivity index is 1.69. The van der Waals surface area contributed by atoms with Gasteiger partial charge in [-0.25, -0.2) is 17.9 Å². The lowest BCUT2D eigenvalue weighted by Crippen LogP contribution is -2.37. The molecule has 2 aromatic carbocycles. The molecule has 0 unspecified atom stereocenters. The SMILES string of the molecule is CNS(=O)(=O)c1ccc(CNC(=O)NCCOc2ccc(C)cc2)cc1. The van der Waals surface area contributed by atoms with Crippen LogP contribution in [0.2, 0.25) is 0 Å². The zero-order valence-electron chi connectivity index (χ0n) is 14.8. The third-order valence-corrected chi connectivity index (χ3v) is 5.06. The molecule has 0 saturated carbocycles.